The molecule has 0 aliphatic carbocycles. The number of aromatic nitrogens is 1. The molecule has 1 aromatic heterocycles. The van der Waals surface area contributed by atoms with E-state index in [-0.39, 0.29) is 6.29 Å². The van der Waals surface area contributed by atoms with Gasteiger partial charge in [0.05, 0.1) is 13.2 Å². The first kappa shape index (κ1) is 19.1. The minimum absolute atomic E-state index is 0.0189. The Hall–Kier alpha value is -1.21. The van der Waals surface area contributed by atoms with Gasteiger partial charge in [-0.05, 0) is 57.1 Å². The third kappa shape index (κ3) is 5.19. The predicted octanol–water partition coefficient (Wildman–Crippen LogP) is 2.51. The van der Waals surface area contributed by atoms with Crippen molar-refractivity contribution < 1.29 is 14.2 Å². The van der Waals surface area contributed by atoms with E-state index < -0.39 is 0 Å². The van der Waals surface area contributed by atoms with Gasteiger partial charge in [0.1, 0.15) is 0 Å². The summed E-state index contributed by atoms with van der Waals surface area (Å²) in [5, 5.41) is 3.55. The summed E-state index contributed by atoms with van der Waals surface area (Å²) in [5.41, 5.74) is 2.51. The minimum atomic E-state index is -0.0189. The lowest BCUT2D eigenvalue weighted by Gasteiger charge is -2.37. The van der Waals surface area contributed by atoms with Crippen LogP contribution in [0.15, 0.2) is 18.3 Å². The van der Waals surface area contributed by atoms with Gasteiger partial charge in [0.25, 0.3) is 0 Å². The van der Waals surface area contributed by atoms with Gasteiger partial charge in [-0.1, -0.05) is 0 Å². The average Bonchev–Trinajstić information content (AvgIpc) is 2.97. The standard InChI is InChI=1S/C21H33N3O3/c1-2-11-26-21(5-1)27-13-12-25-10-3-4-17-14-18(8-9-23-17)24-19-6-7-20(24)16-22-15-19/h8-9,14,19-22H,1-7,10-13,15-16H2. The van der Waals surface area contributed by atoms with Crippen molar-refractivity contribution in [3.8, 4) is 0 Å². The zero-order chi connectivity index (χ0) is 18.3. The maximum absolute atomic E-state index is 5.71. The Morgan fingerprint density at radius 1 is 1.11 bits per heavy atom. The lowest BCUT2D eigenvalue weighted by Crippen LogP contribution is -2.52. The molecule has 1 N–H and O–H groups in total. The summed E-state index contributed by atoms with van der Waals surface area (Å²) in [6.07, 6.45) is 9.87. The van der Waals surface area contributed by atoms with Gasteiger partial charge in [0, 0.05) is 56.0 Å². The molecule has 4 rings (SSSR count). The molecule has 3 aliphatic rings. The average molecular weight is 376 g/mol. The smallest absolute Gasteiger partial charge is 0.157 e. The summed E-state index contributed by atoms with van der Waals surface area (Å²) in [6.45, 7) is 5.04. The number of hydrogen-bond acceptors (Lipinski definition) is 6. The molecular formula is C21H33N3O3. The summed E-state index contributed by atoms with van der Waals surface area (Å²) in [6, 6.07) is 5.74. The number of rotatable bonds is 9. The third-order valence-corrected chi connectivity index (χ3v) is 5.87. The Morgan fingerprint density at radius 2 is 2.00 bits per heavy atom. The van der Waals surface area contributed by atoms with Gasteiger partial charge in [-0.2, -0.15) is 0 Å². The second kappa shape index (κ2) is 9.82. The van der Waals surface area contributed by atoms with E-state index in [4.69, 9.17) is 14.2 Å². The minimum Gasteiger partial charge on any atom is -0.379 e. The third-order valence-electron chi connectivity index (χ3n) is 5.87. The number of nitrogens with one attached hydrogen (secondary N) is 1. The van der Waals surface area contributed by atoms with Crippen LogP contribution in [0.3, 0.4) is 0 Å². The van der Waals surface area contributed by atoms with Crippen LogP contribution in [-0.2, 0) is 20.6 Å². The number of anilines is 1. The van der Waals surface area contributed by atoms with Crippen molar-refractivity contribution in [3.05, 3.63) is 24.0 Å². The van der Waals surface area contributed by atoms with E-state index in [9.17, 15) is 0 Å². The largest absolute Gasteiger partial charge is 0.379 e. The van der Waals surface area contributed by atoms with E-state index >= 15 is 0 Å². The molecule has 3 aliphatic heterocycles. The van der Waals surface area contributed by atoms with Gasteiger partial charge in [-0.3, -0.25) is 4.98 Å². The number of fused-ring (bicyclic) bond motifs is 2. The van der Waals surface area contributed by atoms with Crippen LogP contribution in [0.1, 0.15) is 44.2 Å². The first-order valence-corrected chi connectivity index (χ1v) is 10.6. The van der Waals surface area contributed by atoms with Crippen LogP contribution < -0.4 is 10.2 Å². The number of ether oxygens (including phenoxy) is 3. The maximum atomic E-state index is 5.71. The highest BCUT2D eigenvalue weighted by Gasteiger charge is 2.36. The van der Waals surface area contributed by atoms with E-state index in [2.05, 4.69) is 27.3 Å². The zero-order valence-electron chi connectivity index (χ0n) is 16.3. The van der Waals surface area contributed by atoms with Crippen LogP contribution in [0.5, 0.6) is 0 Å². The molecule has 2 bridgehead atoms. The number of pyridine rings is 1. The Kier molecular flexibility index (Phi) is 6.96. The van der Waals surface area contributed by atoms with E-state index in [0.29, 0.717) is 25.3 Å². The number of nitrogens with zero attached hydrogens (tertiary/aromatic N) is 2. The van der Waals surface area contributed by atoms with Gasteiger partial charge in [-0.15, -0.1) is 0 Å². The monoisotopic (exact) mass is 375 g/mol. The summed E-state index contributed by atoms with van der Waals surface area (Å²) in [5.74, 6) is 0. The molecule has 0 radical (unpaired) electrons. The van der Waals surface area contributed by atoms with Gasteiger partial charge >= 0.3 is 0 Å². The van der Waals surface area contributed by atoms with E-state index in [1.165, 1.54) is 30.6 Å². The number of aryl methyl sites for hydroxylation is 1. The second-order valence-corrected chi connectivity index (χ2v) is 7.84. The van der Waals surface area contributed by atoms with E-state index in [1.807, 2.05) is 6.20 Å². The van der Waals surface area contributed by atoms with Crippen molar-refractivity contribution in [1.29, 1.82) is 0 Å². The quantitative estimate of drug-likeness (QED) is 0.670. The topological polar surface area (TPSA) is 55.9 Å². The molecule has 0 aromatic carbocycles. The summed E-state index contributed by atoms with van der Waals surface area (Å²) in [7, 11) is 0. The molecule has 6 nitrogen and oxygen atoms in total. The van der Waals surface area contributed by atoms with Crippen LogP contribution in [0.4, 0.5) is 5.69 Å². The predicted molar refractivity (Wildman–Crippen MR) is 105 cm³/mol. The van der Waals surface area contributed by atoms with Crippen LogP contribution in [0.2, 0.25) is 0 Å². The fourth-order valence-electron chi connectivity index (χ4n) is 4.50. The first-order valence-electron chi connectivity index (χ1n) is 10.6. The SMILES string of the molecule is c1cc(N2C3CCC2CNC3)cc(CCCOCCOC2CCCCO2)n1. The normalized spacial score (nSPS) is 27.9. The highest BCUT2D eigenvalue weighted by molar-refractivity contribution is 5.51. The van der Waals surface area contributed by atoms with Gasteiger partial charge in [0.2, 0.25) is 0 Å². The fraction of sp³-hybridized carbons (Fsp3) is 0.762. The summed E-state index contributed by atoms with van der Waals surface area (Å²) in [4.78, 5) is 7.17. The highest BCUT2D eigenvalue weighted by Crippen LogP contribution is 2.32. The molecule has 3 fully saturated rings. The molecule has 3 unspecified atom stereocenters. The van der Waals surface area contributed by atoms with Crippen molar-refractivity contribution in [3.63, 3.8) is 0 Å². The van der Waals surface area contributed by atoms with Crippen molar-refractivity contribution in [2.45, 2.75) is 63.3 Å². The van der Waals surface area contributed by atoms with Crippen LogP contribution >= 0.6 is 0 Å². The molecule has 3 saturated heterocycles. The van der Waals surface area contributed by atoms with E-state index in [0.717, 1.165) is 52.0 Å². The molecule has 0 amide bonds. The van der Waals surface area contributed by atoms with Crippen molar-refractivity contribution in [2.75, 3.05) is 44.4 Å². The van der Waals surface area contributed by atoms with Crippen molar-refractivity contribution in [1.82, 2.24) is 10.3 Å². The van der Waals surface area contributed by atoms with Crippen molar-refractivity contribution >= 4 is 5.69 Å². The zero-order valence-corrected chi connectivity index (χ0v) is 16.3. The molecule has 6 heteroatoms. The van der Waals surface area contributed by atoms with Crippen LogP contribution in [-0.4, -0.2) is 62.9 Å². The van der Waals surface area contributed by atoms with Crippen molar-refractivity contribution in [2.24, 2.45) is 0 Å². The molecule has 1 aromatic rings. The maximum Gasteiger partial charge on any atom is 0.157 e. The van der Waals surface area contributed by atoms with E-state index in [1.54, 1.807) is 0 Å². The summed E-state index contributed by atoms with van der Waals surface area (Å²) >= 11 is 0. The molecule has 4 heterocycles. The molecular weight excluding hydrogens is 342 g/mol. The first-order chi connectivity index (χ1) is 13.4. The van der Waals surface area contributed by atoms with Gasteiger partial charge < -0.3 is 24.4 Å². The molecule has 0 saturated carbocycles. The number of piperazine rings is 1. The summed E-state index contributed by atoms with van der Waals surface area (Å²) < 4.78 is 16.9. The lowest BCUT2D eigenvalue weighted by atomic mass is 10.1. The number of hydrogen-bond donors (Lipinski definition) is 1. The van der Waals surface area contributed by atoms with Gasteiger partial charge in [-0.25, -0.2) is 0 Å². The van der Waals surface area contributed by atoms with Gasteiger partial charge in [0.15, 0.2) is 6.29 Å². The molecule has 0 spiro atoms. The fourth-order valence-corrected chi connectivity index (χ4v) is 4.50. The second-order valence-electron chi connectivity index (χ2n) is 7.84. The molecule has 150 valence electrons. The molecule has 3 atom stereocenters. The Labute approximate surface area is 162 Å². The van der Waals surface area contributed by atoms with Crippen LogP contribution in [0, 0.1) is 0 Å². The Bertz CT molecular complexity index is 564. The Morgan fingerprint density at radius 3 is 2.81 bits per heavy atom. The highest BCUT2D eigenvalue weighted by atomic mass is 16.7. The molecule has 27 heavy (non-hydrogen) atoms. The van der Waals surface area contributed by atoms with Crippen LogP contribution in [0.25, 0.3) is 0 Å². The Balaban J connectivity index is 1.14. The lowest BCUT2D eigenvalue weighted by molar-refractivity contribution is -0.169.